The molecule has 2 aromatic rings. The molecule has 126 valence electrons. The van der Waals surface area contributed by atoms with Gasteiger partial charge in [-0.3, -0.25) is 9.67 Å². The van der Waals surface area contributed by atoms with Crippen molar-refractivity contribution < 1.29 is 4.74 Å². The minimum absolute atomic E-state index is 0. The van der Waals surface area contributed by atoms with E-state index in [9.17, 15) is 0 Å². The van der Waals surface area contributed by atoms with Crippen molar-refractivity contribution in [2.75, 3.05) is 20.7 Å². The molecule has 0 amide bonds. The molecule has 0 unspecified atom stereocenters. The Morgan fingerprint density at radius 1 is 1.35 bits per heavy atom. The van der Waals surface area contributed by atoms with E-state index in [-0.39, 0.29) is 24.0 Å². The predicted octanol–water partition coefficient (Wildman–Crippen LogP) is 1.35. The molecule has 2 N–H and O–H groups in total. The molecular weight excluding hydrogens is 407 g/mol. The molecule has 0 radical (unpaired) electrons. The number of benzene rings is 1. The van der Waals surface area contributed by atoms with E-state index in [4.69, 9.17) is 4.74 Å². The topological polar surface area (TPSA) is 76.4 Å². The number of nitrogens with one attached hydrogen (secondary N) is 2. The molecule has 0 fully saturated rings. The number of nitrogens with zero attached hydrogens (tertiary/aromatic N) is 4. The molecule has 0 spiro atoms. The lowest BCUT2D eigenvalue weighted by Crippen LogP contribution is -2.38. The van der Waals surface area contributed by atoms with Gasteiger partial charge in [0.1, 0.15) is 17.9 Å². The summed E-state index contributed by atoms with van der Waals surface area (Å²) < 4.78 is 6.96. The van der Waals surface area contributed by atoms with E-state index in [0.29, 0.717) is 6.54 Å². The number of hydrogen-bond acceptors (Lipinski definition) is 4. The average Bonchev–Trinajstić information content (AvgIpc) is 2.96. The third-order valence-corrected chi connectivity index (χ3v) is 3.28. The third kappa shape index (κ3) is 6.05. The van der Waals surface area contributed by atoms with Crippen LogP contribution in [-0.2, 0) is 20.0 Å². The summed E-state index contributed by atoms with van der Waals surface area (Å²) >= 11 is 0. The minimum atomic E-state index is 0. The molecule has 1 aromatic heterocycles. The Morgan fingerprint density at radius 2 is 2.17 bits per heavy atom. The molecule has 0 aliphatic rings. The Labute approximate surface area is 153 Å². The van der Waals surface area contributed by atoms with Crippen LogP contribution in [0, 0.1) is 0 Å². The van der Waals surface area contributed by atoms with Crippen molar-refractivity contribution in [3.63, 3.8) is 0 Å². The zero-order valence-corrected chi connectivity index (χ0v) is 15.9. The highest BCUT2D eigenvalue weighted by Gasteiger charge is 2.03. The van der Waals surface area contributed by atoms with Crippen molar-refractivity contribution in [1.29, 1.82) is 0 Å². The van der Waals surface area contributed by atoms with Crippen LogP contribution in [0.4, 0.5) is 0 Å². The molecule has 0 aliphatic heterocycles. The van der Waals surface area contributed by atoms with Crippen LogP contribution in [0.1, 0.15) is 11.4 Å². The van der Waals surface area contributed by atoms with Gasteiger partial charge >= 0.3 is 0 Å². The molecule has 1 aromatic carbocycles. The van der Waals surface area contributed by atoms with E-state index in [1.54, 1.807) is 18.8 Å². The van der Waals surface area contributed by atoms with Crippen LogP contribution < -0.4 is 15.4 Å². The molecule has 0 atom stereocenters. The number of aryl methyl sites for hydroxylation is 1. The highest BCUT2D eigenvalue weighted by atomic mass is 127. The SMILES string of the molecule is CN=C(NCCc1cccc(OC)c1)NCc1ncnn1C.I. The number of guanidine groups is 1. The first kappa shape index (κ1) is 19.2. The number of aromatic nitrogens is 3. The normalized spacial score (nSPS) is 10.8. The maximum absolute atomic E-state index is 5.22. The Kier molecular flexibility index (Phi) is 8.38. The van der Waals surface area contributed by atoms with Crippen LogP contribution in [0.15, 0.2) is 35.6 Å². The summed E-state index contributed by atoms with van der Waals surface area (Å²) in [4.78, 5) is 8.36. The van der Waals surface area contributed by atoms with E-state index in [2.05, 4.69) is 31.8 Å². The first-order valence-electron chi connectivity index (χ1n) is 7.13. The molecule has 23 heavy (non-hydrogen) atoms. The van der Waals surface area contributed by atoms with Gasteiger partial charge in [-0.1, -0.05) is 12.1 Å². The van der Waals surface area contributed by atoms with Gasteiger partial charge in [0.05, 0.1) is 13.7 Å². The van der Waals surface area contributed by atoms with Crippen molar-refractivity contribution in [3.05, 3.63) is 42.0 Å². The number of hydrogen-bond donors (Lipinski definition) is 2. The van der Waals surface area contributed by atoms with Crippen molar-refractivity contribution in [3.8, 4) is 5.75 Å². The molecular formula is C15H23IN6O. The maximum atomic E-state index is 5.22. The Morgan fingerprint density at radius 3 is 2.83 bits per heavy atom. The Bertz CT molecular complexity index is 628. The molecule has 0 saturated heterocycles. The summed E-state index contributed by atoms with van der Waals surface area (Å²) in [6, 6.07) is 8.06. The summed E-state index contributed by atoms with van der Waals surface area (Å²) in [6.07, 6.45) is 2.43. The lowest BCUT2D eigenvalue weighted by molar-refractivity contribution is 0.414. The molecule has 0 saturated carbocycles. The quantitative estimate of drug-likeness (QED) is 0.411. The fourth-order valence-electron chi connectivity index (χ4n) is 2.02. The highest BCUT2D eigenvalue weighted by Crippen LogP contribution is 2.12. The number of methoxy groups -OCH3 is 1. The van der Waals surface area contributed by atoms with Crippen LogP contribution in [-0.4, -0.2) is 41.4 Å². The van der Waals surface area contributed by atoms with Crippen LogP contribution in [0.25, 0.3) is 0 Å². The second-order valence-electron chi connectivity index (χ2n) is 4.75. The first-order chi connectivity index (χ1) is 10.7. The van der Waals surface area contributed by atoms with Gasteiger partial charge in [0, 0.05) is 20.6 Å². The second-order valence-corrected chi connectivity index (χ2v) is 4.75. The van der Waals surface area contributed by atoms with Crippen molar-refractivity contribution in [2.24, 2.45) is 12.0 Å². The summed E-state index contributed by atoms with van der Waals surface area (Å²) in [6.45, 7) is 1.36. The van der Waals surface area contributed by atoms with Gasteiger partial charge in [0.15, 0.2) is 5.96 Å². The van der Waals surface area contributed by atoms with E-state index < -0.39 is 0 Å². The van der Waals surface area contributed by atoms with E-state index in [0.717, 1.165) is 30.5 Å². The minimum Gasteiger partial charge on any atom is -0.497 e. The lowest BCUT2D eigenvalue weighted by atomic mass is 10.1. The largest absolute Gasteiger partial charge is 0.497 e. The van der Waals surface area contributed by atoms with Gasteiger partial charge in [-0.2, -0.15) is 5.10 Å². The summed E-state index contributed by atoms with van der Waals surface area (Å²) in [5.74, 6) is 2.48. The lowest BCUT2D eigenvalue weighted by Gasteiger charge is -2.11. The number of halogens is 1. The number of ether oxygens (including phenoxy) is 1. The highest BCUT2D eigenvalue weighted by molar-refractivity contribution is 14.0. The van der Waals surface area contributed by atoms with E-state index in [1.165, 1.54) is 11.9 Å². The smallest absolute Gasteiger partial charge is 0.191 e. The van der Waals surface area contributed by atoms with Crippen LogP contribution in [0.2, 0.25) is 0 Å². The third-order valence-electron chi connectivity index (χ3n) is 3.28. The fraction of sp³-hybridized carbons (Fsp3) is 0.400. The van der Waals surface area contributed by atoms with Crippen LogP contribution in [0.3, 0.4) is 0 Å². The summed E-state index contributed by atoms with van der Waals surface area (Å²) in [5, 5.41) is 10.5. The molecule has 1 heterocycles. The molecule has 7 nitrogen and oxygen atoms in total. The van der Waals surface area contributed by atoms with Crippen LogP contribution in [0.5, 0.6) is 5.75 Å². The fourth-order valence-corrected chi connectivity index (χ4v) is 2.02. The maximum Gasteiger partial charge on any atom is 0.191 e. The second kappa shape index (κ2) is 10.0. The van der Waals surface area contributed by atoms with Crippen LogP contribution >= 0.6 is 24.0 Å². The molecule has 8 heteroatoms. The first-order valence-corrected chi connectivity index (χ1v) is 7.13. The molecule has 0 aliphatic carbocycles. The zero-order valence-electron chi connectivity index (χ0n) is 13.6. The predicted molar refractivity (Wildman–Crippen MR) is 101 cm³/mol. The van der Waals surface area contributed by atoms with Gasteiger partial charge in [-0.15, -0.1) is 24.0 Å². The van der Waals surface area contributed by atoms with E-state index in [1.807, 2.05) is 25.2 Å². The van der Waals surface area contributed by atoms with E-state index >= 15 is 0 Å². The average molecular weight is 430 g/mol. The standard InChI is InChI=1S/C15H22N6O.HI/c1-16-15(18-10-14-19-11-20-21(14)2)17-8-7-12-5-4-6-13(9-12)22-3;/h4-6,9,11H,7-8,10H2,1-3H3,(H2,16,17,18);1H. The monoisotopic (exact) mass is 430 g/mol. The molecule has 0 bridgehead atoms. The zero-order chi connectivity index (χ0) is 15.8. The molecule has 2 rings (SSSR count). The Balaban J connectivity index is 0.00000264. The van der Waals surface area contributed by atoms with Crippen molar-refractivity contribution in [1.82, 2.24) is 25.4 Å². The van der Waals surface area contributed by atoms with Crippen molar-refractivity contribution in [2.45, 2.75) is 13.0 Å². The summed E-state index contributed by atoms with van der Waals surface area (Å²) in [5.41, 5.74) is 1.22. The van der Waals surface area contributed by atoms with Gasteiger partial charge in [-0.25, -0.2) is 4.98 Å². The van der Waals surface area contributed by atoms with Gasteiger partial charge in [0.2, 0.25) is 0 Å². The summed E-state index contributed by atoms with van der Waals surface area (Å²) in [7, 11) is 5.29. The van der Waals surface area contributed by atoms with Crippen molar-refractivity contribution >= 4 is 29.9 Å². The van der Waals surface area contributed by atoms with Gasteiger partial charge in [0.25, 0.3) is 0 Å². The Hall–Kier alpha value is -1.84. The number of aliphatic imine (C=N–C) groups is 1. The number of rotatable bonds is 6. The van der Waals surface area contributed by atoms with Gasteiger partial charge in [-0.05, 0) is 24.1 Å². The van der Waals surface area contributed by atoms with Gasteiger partial charge < -0.3 is 15.4 Å².